The Morgan fingerprint density at radius 3 is 2.15 bits per heavy atom. The molecule has 0 aliphatic heterocycles. The topological polar surface area (TPSA) is 54.6 Å². The number of aromatic nitrogens is 2. The number of hydrogen-bond acceptors (Lipinski definition) is 3. The number of hydrogen-bond donors (Lipinski definition) is 1. The number of nitrogens with zero attached hydrogens (tertiary/aromatic N) is 2. The van der Waals surface area contributed by atoms with Crippen LogP contribution in [-0.2, 0) is 17.6 Å². The van der Waals surface area contributed by atoms with Gasteiger partial charge in [0.2, 0.25) is 0 Å². The minimum atomic E-state index is -4.41. The standard InChI is InChI=1S/C16H12F4N2.C9H18O2/c1-10-15(12-4-2-11(9-17)3-5-12)14-8-13(16(18,19)20)6-7-22(14)21-10;1-4-8(10)7-9(11,5-2)6-3/h2-8H,9H2,1H3;11H,4-7H2,1-3H3. The molecule has 0 saturated heterocycles. The number of pyridine rings is 1. The summed E-state index contributed by atoms with van der Waals surface area (Å²) in [6.45, 7) is 6.80. The number of carbonyl (C=O) groups excluding carboxylic acids is 1. The first-order chi connectivity index (χ1) is 15.5. The lowest BCUT2D eigenvalue weighted by atomic mass is 9.91. The van der Waals surface area contributed by atoms with E-state index >= 15 is 0 Å². The van der Waals surface area contributed by atoms with Gasteiger partial charge in [0.25, 0.3) is 0 Å². The molecule has 0 radical (unpaired) electrons. The molecular weight excluding hydrogens is 436 g/mol. The zero-order chi connectivity index (χ0) is 24.8. The Morgan fingerprint density at radius 2 is 1.67 bits per heavy atom. The lowest BCUT2D eigenvalue weighted by Gasteiger charge is -2.23. The fourth-order valence-corrected chi connectivity index (χ4v) is 3.45. The highest BCUT2D eigenvalue weighted by Gasteiger charge is 2.31. The van der Waals surface area contributed by atoms with Gasteiger partial charge in [-0.15, -0.1) is 0 Å². The average Bonchev–Trinajstić information content (AvgIpc) is 3.13. The largest absolute Gasteiger partial charge is 0.416 e. The normalized spacial score (nSPS) is 11.9. The summed E-state index contributed by atoms with van der Waals surface area (Å²) in [4.78, 5) is 11.0. The van der Waals surface area contributed by atoms with Crippen molar-refractivity contribution in [1.29, 1.82) is 0 Å². The van der Waals surface area contributed by atoms with Crippen LogP contribution in [0.15, 0.2) is 42.6 Å². The Hall–Kier alpha value is -2.74. The molecule has 0 bridgehead atoms. The number of benzene rings is 1. The molecule has 0 saturated carbocycles. The summed E-state index contributed by atoms with van der Waals surface area (Å²) in [6, 6.07) is 8.70. The van der Waals surface area contributed by atoms with Crippen molar-refractivity contribution in [3.05, 3.63) is 59.4 Å². The van der Waals surface area contributed by atoms with Crippen molar-refractivity contribution < 1.29 is 27.5 Å². The SMILES string of the molecule is CCC(=O)CC(O)(CC)CC.Cc1nn2ccc(C(F)(F)F)cc2c1-c1ccc(CF)cc1. The summed E-state index contributed by atoms with van der Waals surface area (Å²) in [5, 5.41) is 13.9. The van der Waals surface area contributed by atoms with E-state index in [1.165, 1.54) is 10.7 Å². The maximum Gasteiger partial charge on any atom is 0.416 e. The Morgan fingerprint density at radius 1 is 1.06 bits per heavy atom. The molecule has 0 atom stereocenters. The fraction of sp³-hybridized carbons (Fsp3) is 0.440. The van der Waals surface area contributed by atoms with E-state index in [1.807, 2.05) is 20.8 Å². The van der Waals surface area contributed by atoms with Crippen molar-refractivity contribution in [2.24, 2.45) is 0 Å². The summed E-state index contributed by atoms with van der Waals surface area (Å²) in [5.41, 5.74) is 1.39. The van der Waals surface area contributed by atoms with Crippen molar-refractivity contribution in [3.8, 4) is 11.1 Å². The smallest absolute Gasteiger partial charge is 0.389 e. The number of halogens is 4. The zero-order valence-electron chi connectivity index (χ0n) is 19.3. The van der Waals surface area contributed by atoms with Crippen LogP contribution in [0, 0.1) is 6.92 Å². The molecule has 0 aliphatic rings. The highest BCUT2D eigenvalue weighted by Crippen LogP contribution is 2.34. The van der Waals surface area contributed by atoms with Gasteiger partial charge in [-0.1, -0.05) is 45.0 Å². The summed E-state index contributed by atoms with van der Waals surface area (Å²) in [6.07, 6.45) is -0.941. The first-order valence-corrected chi connectivity index (χ1v) is 10.9. The van der Waals surface area contributed by atoms with Crippen LogP contribution in [0.4, 0.5) is 17.6 Å². The molecule has 0 aliphatic carbocycles. The molecule has 0 fully saturated rings. The highest BCUT2D eigenvalue weighted by atomic mass is 19.4. The predicted molar refractivity (Wildman–Crippen MR) is 121 cm³/mol. The third-order valence-electron chi connectivity index (χ3n) is 5.77. The quantitative estimate of drug-likeness (QED) is 0.394. The van der Waals surface area contributed by atoms with E-state index in [1.54, 1.807) is 31.2 Å². The van der Waals surface area contributed by atoms with Crippen molar-refractivity contribution in [3.63, 3.8) is 0 Å². The Bertz CT molecular complexity index is 1070. The molecule has 1 aromatic carbocycles. The Balaban J connectivity index is 0.000000299. The first-order valence-electron chi connectivity index (χ1n) is 10.9. The molecule has 3 aromatic rings. The molecule has 0 unspecified atom stereocenters. The monoisotopic (exact) mass is 466 g/mol. The lowest BCUT2D eigenvalue weighted by molar-refractivity contribution is -0.137. The van der Waals surface area contributed by atoms with E-state index in [4.69, 9.17) is 0 Å². The van der Waals surface area contributed by atoms with Crippen LogP contribution in [0.1, 0.15) is 63.3 Å². The highest BCUT2D eigenvalue weighted by molar-refractivity contribution is 5.83. The Labute approximate surface area is 191 Å². The molecule has 2 aromatic heterocycles. The summed E-state index contributed by atoms with van der Waals surface area (Å²) < 4.78 is 52.6. The molecule has 0 spiro atoms. The molecule has 3 rings (SSSR count). The van der Waals surface area contributed by atoms with Gasteiger partial charge in [-0.05, 0) is 43.0 Å². The third-order valence-corrected chi connectivity index (χ3v) is 5.77. The average molecular weight is 467 g/mol. The minimum absolute atomic E-state index is 0.149. The maximum absolute atomic E-state index is 12.9. The summed E-state index contributed by atoms with van der Waals surface area (Å²) >= 11 is 0. The third kappa shape index (κ3) is 6.63. The Kier molecular flexibility index (Phi) is 8.77. The van der Waals surface area contributed by atoms with Gasteiger partial charge >= 0.3 is 6.18 Å². The van der Waals surface area contributed by atoms with Gasteiger partial charge in [-0.3, -0.25) is 4.79 Å². The van der Waals surface area contributed by atoms with Crippen molar-refractivity contribution >= 4 is 11.3 Å². The summed E-state index contributed by atoms with van der Waals surface area (Å²) in [7, 11) is 0. The molecule has 8 heteroatoms. The van der Waals surface area contributed by atoms with Gasteiger partial charge < -0.3 is 5.11 Å². The predicted octanol–water partition coefficient (Wildman–Crippen LogP) is 6.70. The first kappa shape index (κ1) is 26.5. The van der Waals surface area contributed by atoms with Gasteiger partial charge in [-0.25, -0.2) is 8.91 Å². The van der Waals surface area contributed by atoms with Gasteiger partial charge in [-0.2, -0.15) is 18.3 Å². The van der Waals surface area contributed by atoms with Crippen LogP contribution < -0.4 is 0 Å². The van der Waals surface area contributed by atoms with E-state index < -0.39 is 24.0 Å². The number of carbonyl (C=O) groups is 1. The number of alkyl halides is 4. The molecule has 4 nitrogen and oxygen atoms in total. The van der Waals surface area contributed by atoms with Crippen LogP contribution in [0.5, 0.6) is 0 Å². The van der Waals surface area contributed by atoms with E-state index in [2.05, 4.69) is 5.10 Å². The van der Waals surface area contributed by atoms with Gasteiger partial charge in [0.1, 0.15) is 12.5 Å². The van der Waals surface area contributed by atoms with Crippen LogP contribution in [0.25, 0.3) is 16.6 Å². The lowest BCUT2D eigenvalue weighted by Crippen LogP contribution is -2.29. The van der Waals surface area contributed by atoms with Crippen LogP contribution in [-0.4, -0.2) is 26.1 Å². The molecule has 33 heavy (non-hydrogen) atoms. The van der Waals surface area contributed by atoms with Gasteiger partial charge in [0.05, 0.1) is 22.4 Å². The number of aryl methyl sites for hydroxylation is 1. The van der Waals surface area contributed by atoms with Crippen LogP contribution in [0.3, 0.4) is 0 Å². The maximum atomic E-state index is 12.9. The number of rotatable bonds is 7. The molecule has 0 amide bonds. The van der Waals surface area contributed by atoms with Gasteiger partial charge in [0, 0.05) is 24.6 Å². The van der Waals surface area contributed by atoms with Crippen molar-refractivity contribution in [1.82, 2.24) is 9.61 Å². The summed E-state index contributed by atoms with van der Waals surface area (Å²) in [5.74, 6) is 0.149. The van der Waals surface area contributed by atoms with Gasteiger partial charge in [0.15, 0.2) is 0 Å². The van der Waals surface area contributed by atoms with Crippen molar-refractivity contribution in [2.45, 2.75) is 71.8 Å². The van der Waals surface area contributed by atoms with E-state index in [0.29, 0.717) is 53.6 Å². The van der Waals surface area contributed by atoms with Crippen LogP contribution >= 0.6 is 0 Å². The second-order valence-electron chi connectivity index (χ2n) is 8.03. The second-order valence-corrected chi connectivity index (χ2v) is 8.03. The molecule has 2 heterocycles. The van der Waals surface area contributed by atoms with E-state index in [9.17, 15) is 27.5 Å². The molecule has 1 N–H and O–H groups in total. The van der Waals surface area contributed by atoms with Crippen molar-refractivity contribution in [2.75, 3.05) is 0 Å². The van der Waals surface area contributed by atoms with Crippen LogP contribution in [0.2, 0.25) is 0 Å². The molecule has 180 valence electrons. The zero-order valence-corrected chi connectivity index (χ0v) is 19.3. The number of Topliss-reactive ketones (excluding diaryl/α,β-unsaturated/α-hetero) is 1. The molecular formula is C25H30F4N2O2. The number of fused-ring (bicyclic) bond motifs is 1. The van der Waals surface area contributed by atoms with E-state index in [-0.39, 0.29) is 5.78 Å². The minimum Gasteiger partial charge on any atom is -0.389 e. The fourth-order valence-electron chi connectivity index (χ4n) is 3.45. The second kappa shape index (κ2) is 10.9. The number of aliphatic hydroxyl groups is 1. The number of ketones is 1. The van der Waals surface area contributed by atoms with E-state index in [0.717, 1.165) is 12.1 Å².